The monoisotopic (exact) mass is 360 g/mol. The van der Waals surface area contributed by atoms with Gasteiger partial charge in [-0.15, -0.1) is 11.3 Å². The second-order valence-corrected chi connectivity index (χ2v) is 6.36. The van der Waals surface area contributed by atoms with E-state index in [0.717, 1.165) is 9.78 Å². The first-order valence-corrected chi connectivity index (χ1v) is 8.37. The Hall–Kier alpha value is -1.80. The smallest absolute Gasteiger partial charge is 0.406 e. The normalized spacial score (nSPS) is 11.9. The molecule has 0 N–H and O–H groups in total. The van der Waals surface area contributed by atoms with Crippen LogP contribution in [0.3, 0.4) is 0 Å². The van der Waals surface area contributed by atoms with Crippen molar-refractivity contribution in [2.75, 3.05) is 19.6 Å². The van der Waals surface area contributed by atoms with E-state index in [1.165, 1.54) is 6.26 Å². The lowest BCUT2D eigenvalue weighted by Crippen LogP contribution is -2.43. The molecular weight excluding hydrogens is 341 g/mol. The standard InChI is InChI=1S/C16H19F3N2O2S/c1-2-20(10-14-6-4-8-24-14)11-15(22)21(12-16(17,18)19)9-13-5-3-7-23-13/h3-8H,2,9-12H2,1H3. The third-order valence-electron chi connectivity index (χ3n) is 3.42. The van der Waals surface area contributed by atoms with Crippen molar-refractivity contribution in [3.05, 3.63) is 46.5 Å². The highest BCUT2D eigenvalue weighted by Crippen LogP contribution is 2.19. The zero-order chi connectivity index (χ0) is 17.6. The minimum absolute atomic E-state index is 0.0643. The second-order valence-electron chi connectivity index (χ2n) is 5.33. The zero-order valence-electron chi connectivity index (χ0n) is 13.3. The first-order chi connectivity index (χ1) is 11.4. The molecule has 0 bridgehead atoms. The average Bonchev–Trinajstić information content (AvgIpc) is 3.17. The number of halogens is 3. The predicted molar refractivity (Wildman–Crippen MR) is 85.5 cm³/mol. The first-order valence-electron chi connectivity index (χ1n) is 7.49. The van der Waals surface area contributed by atoms with Crippen LogP contribution in [0.5, 0.6) is 0 Å². The molecule has 0 radical (unpaired) electrons. The summed E-state index contributed by atoms with van der Waals surface area (Å²) in [6, 6.07) is 6.98. The molecule has 0 aliphatic rings. The van der Waals surface area contributed by atoms with E-state index in [0.29, 0.717) is 18.8 Å². The molecule has 0 unspecified atom stereocenters. The molecule has 0 saturated heterocycles. The van der Waals surface area contributed by atoms with Crippen molar-refractivity contribution in [3.63, 3.8) is 0 Å². The first kappa shape index (κ1) is 18.5. The van der Waals surface area contributed by atoms with E-state index in [1.54, 1.807) is 23.5 Å². The summed E-state index contributed by atoms with van der Waals surface area (Å²) in [5, 5.41) is 1.93. The van der Waals surface area contributed by atoms with E-state index in [1.807, 2.05) is 29.3 Å². The van der Waals surface area contributed by atoms with Crippen LogP contribution in [0.15, 0.2) is 40.3 Å². The van der Waals surface area contributed by atoms with Gasteiger partial charge in [-0.3, -0.25) is 9.69 Å². The van der Waals surface area contributed by atoms with Gasteiger partial charge in [0.05, 0.1) is 19.4 Å². The Kier molecular flexibility index (Phi) is 6.44. The molecule has 0 aromatic carbocycles. The molecule has 0 saturated carbocycles. The number of amides is 1. The molecule has 132 valence electrons. The summed E-state index contributed by atoms with van der Waals surface area (Å²) in [4.78, 5) is 16.1. The molecule has 2 heterocycles. The Morgan fingerprint density at radius 2 is 2.04 bits per heavy atom. The summed E-state index contributed by atoms with van der Waals surface area (Å²) < 4.78 is 43.4. The second kappa shape index (κ2) is 8.34. The van der Waals surface area contributed by atoms with Crippen LogP contribution in [-0.4, -0.2) is 41.5 Å². The lowest BCUT2D eigenvalue weighted by Gasteiger charge is -2.26. The predicted octanol–water partition coefficient (Wildman–Crippen LogP) is 3.75. The molecule has 0 atom stereocenters. The molecular formula is C16H19F3N2O2S. The summed E-state index contributed by atoms with van der Waals surface area (Å²) in [7, 11) is 0. The number of furan rings is 1. The average molecular weight is 360 g/mol. The number of carbonyl (C=O) groups is 1. The van der Waals surface area contributed by atoms with Gasteiger partial charge in [0.15, 0.2) is 0 Å². The third kappa shape index (κ3) is 6.01. The van der Waals surface area contributed by atoms with Crippen molar-refractivity contribution in [2.45, 2.75) is 26.2 Å². The third-order valence-corrected chi connectivity index (χ3v) is 4.28. The van der Waals surface area contributed by atoms with E-state index in [2.05, 4.69) is 0 Å². The molecule has 0 aliphatic carbocycles. The summed E-state index contributed by atoms with van der Waals surface area (Å²) in [5.74, 6) is -0.240. The van der Waals surface area contributed by atoms with E-state index in [-0.39, 0.29) is 13.1 Å². The van der Waals surface area contributed by atoms with Gasteiger partial charge in [-0.05, 0) is 30.1 Å². The highest BCUT2D eigenvalue weighted by molar-refractivity contribution is 7.09. The Bertz CT molecular complexity index is 612. The topological polar surface area (TPSA) is 36.7 Å². The molecule has 0 spiro atoms. The number of likely N-dealkylation sites (N-methyl/N-ethyl adjacent to an activating group) is 1. The van der Waals surface area contributed by atoms with Gasteiger partial charge in [-0.2, -0.15) is 13.2 Å². The number of nitrogens with zero attached hydrogens (tertiary/aromatic N) is 2. The fourth-order valence-corrected chi connectivity index (χ4v) is 2.98. The van der Waals surface area contributed by atoms with Gasteiger partial charge in [0.25, 0.3) is 0 Å². The number of carbonyl (C=O) groups excluding carboxylic acids is 1. The molecule has 1 amide bonds. The van der Waals surface area contributed by atoms with Crippen LogP contribution in [0.4, 0.5) is 13.2 Å². The Morgan fingerprint density at radius 3 is 2.58 bits per heavy atom. The van der Waals surface area contributed by atoms with Crippen LogP contribution in [0.25, 0.3) is 0 Å². The molecule has 8 heteroatoms. The van der Waals surface area contributed by atoms with Crippen LogP contribution in [0.1, 0.15) is 17.6 Å². The largest absolute Gasteiger partial charge is 0.467 e. The molecule has 0 aliphatic heterocycles. The highest BCUT2D eigenvalue weighted by Gasteiger charge is 2.33. The number of alkyl halides is 3. The Balaban J connectivity index is 2.02. The van der Waals surface area contributed by atoms with E-state index in [4.69, 9.17) is 4.42 Å². The number of hydrogen-bond acceptors (Lipinski definition) is 4. The van der Waals surface area contributed by atoms with Gasteiger partial charge in [0.2, 0.25) is 5.91 Å². The lowest BCUT2D eigenvalue weighted by atomic mass is 10.3. The Morgan fingerprint density at radius 1 is 1.25 bits per heavy atom. The van der Waals surface area contributed by atoms with Gasteiger partial charge in [-0.1, -0.05) is 13.0 Å². The quantitative estimate of drug-likeness (QED) is 0.719. The summed E-state index contributed by atoms with van der Waals surface area (Å²) in [6.45, 7) is 1.45. The molecule has 0 fully saturated rings. The lowest BCUT2D eigenvalue weighted by molar-refractivity contribution is -0.163. The van der Waals surface area contributed by atoms with Crippen molar-refractivity contribution < 1.29 is 22.4 Å². The van der Waals surface area contributed by atoms with Crippen LogP contribution < -0.4 is 0 Å². The fraction of sp³-hybridized carbons (Fsp3) is 0.438. The van der Waals surface area contributed by atoms with Crippen LogP contribution in [-0.2, 0) is 17.9 Å². The molecule has 24 heavy (non-hydrogen) atoms. The molecule has 2 aromatic heterocycles. The van der Waals surface area contributed by atoms with Gasteiger partial charge < -0.3 is 9.32 Å². The van der Waals surface area contributed by atoms with Crippen molar-refractivity contribution in [2.24, 2.45) is 0 Å². The summed E-state index contributed by atoms with van der Waals surface area (Å²) in [6.07, 6.45) is -3.08. The van der Waals surface area contributed by atoms with E-state index in [9.17, 15) is 18.0 Å². The Labute approximate surface area is 142 Å². The number of hydrogen-bond donors (Lipinski definition) is 0. The van der Waals surface area contributed by atoms with Crippen LogP contribution >= 0.6 is 11.3 Å². The van der Waals surface area contributed by atoms with Crippen molar-refractivity contribution in [1.29, 1.82) is 0 Å². The minimum Gasteiger partial charge on any atom is -0.467 e. The molecule has 2 aromatic rings. The van der Waals surface area contributed by atoms with Crippen molar-refractivity contribution in [3.8, 4) is 0 Å². The van der Waals surface area contributed by atoms with Crippen molar-refractivity contribution >= 4 is 17.2 Å². The maximum absolute atomic E-state index is 12.8. The maximum atomic E-state index is 12.8. The van der Waals surface area contributed by atoms with Gasteiger partial charge >= 0.3 is 6.18 Å². The maximum Gasteiger partial charge on any atom is 0.406 e. The molecule has 4 nitrogen and oxygen atoms in total. The highest BCUT2D eigenvalue weighted by atomic mass is 32.1. The van der Waals surface area contributed by atoms with Crippen LogP contribution in [0.2, 0.25) is 0 Å². The van der Waals surface area contributed by atoms with Gasteiger partial charge in [-0.25, -0.2) is 0 Å². The van der Waals surface area contributed by atoms with E-state index < -0.39 is 18.6 Å². The number of rotatable bonds is 8. The summed E-state index contributed by atoms with van der Waals surface area (Å²) >= 11 is 1.55. The van der Waals surface area contributed by atoms with Crippen molar-refractivity contribution in [1.82, 2.24) is 9.80 Å². The fourth-order valence-electron chi connectivity index (χ4n) is 2.23. The molecule has 2 rings (SSSR count). The number of thiophene rings is 1. The zero-order valence-corrected chi connectivity index (χ0v) is 14.1. The van der Waals surface area contributed by atoms with Gasteiger partial charge in [0.1, 0.15) is 12.3 Å². The van der Waals surface area contributed by atoms with Crippen LogP contribution in [0, 0.1) is 0 Å². The summed E-state index contributed by atoms with van der Waals surface area (Å²) in [5.41, 5.74) is 0. The SMILES string of the molecule is CCN(CC(=O)N(Cc1ccco1)CC(F)(F)F)Cc1cccs1. The minimum atomic E-state index is -4.45. The van der Waals surface area contributed by atoms with Gasteiger partial charge in [0, 0.05) is 11.4 Å². The van der Waals surface area contributed by atoms with E-state index >= 15 is 0 Å².